The number of rotatable bonds is 19. The molecule has 3 aliphatic rings. The second-order valence-corrected chi connectivity index (χ2v) is 20.0. The number of imide groups is 1. The van der Waals surface area contributed by atoms with Crippen LogP contribution in [0.4, 0.5) is 5.69 Å². The van der Waals surface area contributed by atoms with E-state index < -0.39 is 35.7 Å². The molecule has 4 heterocycles. The number of aryl methyl sites for hydroxylation is 2. The normalized spacial score (nSPS) is 12.6. The Kier molecular flexibility index (Phi) is 14.2. The number of carbonyl (C=O) groups excluding carboxylic acids is 6. The zero-order chi connectivity index (χ0) is 54.2. The fraction of sp³-hybridized carbons (Fsp3) is 0.262. The number of fused-ring (bicyclic) bond motifs is 12. The zero-order valence-corrected chi connectivity index (χ0v) is 43.7. The van der Waals surface area contributed by atoms with E-state index in [4.69, 9.17) is 9.15 Å². The molecule has 5 aromatic carbocycles. The fourth-order valence-electron chi connectivity index (χ4n) is 10.9. The lowest BCUT2D eigenvalue weighted by atomic mass is 9.89. The topological polar surface area (TPSA) is 200 Å². The number of esters is 1. The molecule has 2 aliphatic heterocycles. The molecule has 1 atom stereocenters. The molecule has 0 radical (unpaired) electrons. The van der Waals surface area contributed by atoms with Crippen LogP contribution in [0.2, 0.25) is 0 Å². The summed E-state index contributed by atoms with van der Waals surface area (Å²) in [6.45, 7) is 4.55. The monoisotopic (exact) mass is 1030 g/mol. The molecule has 2 aromatic heterocycles. The summed E-state index contributed by atoms with van der Waals surface area (Å²) in [5, 5.41) is 25.9. The van der Waals surface area contributed by atoms with Crippen LogP contribution in [-0.4, -0.2) is 92.1 Å². The number of nitrogens with one attached hydrogen (secondary N) is 3. The van der Waals surface area contributed by atoms with Crippen LogP contribution in [0, 0.1) is 0 Å². The molecule has 77 heavy (non-hydrogen) atoms. The van der Waals surface area contributed by atoms with Gasteiger partial charge in [-0.15, -0.1) is 0 Å². The molecule has 0 saturated carbocycles. The van der Waals surface area contributed by atoms with Gasteiger partial charge in [-0.25, -0.2) is 9.37 Å². The lowest BCUT2D eigenvalue weighted by Gasteiger charge is -2.20. The molecular weight excluding hydrogens is 975 g/mol. The van der Waals surface area contributed by atoms with Gasteiger partial charge in [0, 0.05) is 112 Å². The van der Waals surface area contributed by atoms with E-state index >= 15 is 0 Å². The van der Waals surface area contributed by atoms with Crippen molar-refractivity contribution in [2.75, 3.05) is 46.2 Å². The number of hydrogen-bond acceptors (Lipinski definition) is 10. The summed E-state index contributed by atoms with van der Waals surface area (Å²) < 4.78 is 18.4. The Morgan fingerprint density at radius 3 is 2.18 bits per heavy atom. The average molecular weight is 1030 g/mol. The highest BCUT2D eigenvalue weighted by Gasteiger charge is 2.36. The maximum atomic E-state index is 13.5. The Morgan fingerprint density at radius 1 is 0.779 bits per heavy atom. The number of unbranched alkanes of at least 4 members (excludes halogenated alkanes) is 4. The van der Waals surface area contributed by atoms with Crippen LogP contribution in [0.5, 0.6) is 0 Å². The van der Waals surface area contributed by atoms with E-state index in [1.165, 1.54) is 6.07 Å². The molecule has 0 saturated heterocycles. The molecule has 0 fully saturated rings. The smallest absolute Gasteiger partial charge is 0.328 e. The van der Waals surface area contributed by atoms with Crippen molar-refractivity contribution in [2.24, 2.45) is 7.05 Å². The maximum Gasteiger partial charge on any atom is 0.328 e. The van der Waals surface area contributed by atoms with E-state index in [2.05, 4.69) is 31.7 Å². The maximum absolute atomic E-state index is 13.5. The van der Waals surface area contributed by atoms with E-state index in [9.17, 15) is 33.9 Å². The minimum Gasteiger partial charge on any atom is -0.545 e. The minimum atomic E-state index is -1.44. The van der Waals surface area contributed by atoms with Gasteiger partial charge in [0.1, 0.15) is 31.5 Å². The first-order valence-electron chi connectivity index (χ1n) is 25.9. The predicted octanol–water partition coefficient (Wildman–Crippen LogP) is 7.68. The Hall–Kier alpha value is -9.05. The van der Waals surface area contributed by atoms with Gasteiger partial charge in [0.15, 0.2) is 0 Å². The Bertz CT molecular complexity index is 3970. The standard InChI is InChI=1S/C61H59N7O9/c1-7-49(69)63-44(20-14-15-29-62-57(70)35-23-26-38(43(32-35)60(73)74)50-41-27-24-36(65(2)3)33-47(41)77-48-34-37(66(4)5)25-28-42(48)50)61(75)76-31-17-9-8-16-30-68-46-22-13-11-19-40(46)52-54-53(58(71)64-59(54)72)51-39-18-10-12-21-45(39)67(6)55(51)56(52)68/h7,10-13,18-19,21-28,32-34,44H,1,8-9,14-17,20,29-31H2,2-6H3,(H3-,62,63,64,69,70,71,72,73,74). The van der Waals surface area contributed by atoms with Crippen molar-refractivity contribution in [2.45, 2.75) is 57.5 Å². The molecule has 1 unspecified atom stereocenters. The summed E-state index contributed by atoms with van der Waals surface area (Å²) in [6, 6.07) is 31.0. The van der Waals surface area contributed by atoms with E-state index in [0.29, 0.717) is 70.4 Å². The number of amides is 4. The van der Waals surface area contributed by atoms with Gasteiger partial charge in [-0.05, 0) is 92.6 Å². The van der Waals surface area contributed by atoms with Gasteiger partial charge in [-0.3, -0.25) is 24.5 Å². The molecule has 1 aliphatic carbocycles. The van der Waals surface area contributed by atoms with Crippen LogP contribution < -0.4 is 35.9 Å². The van der Waals surface area contributed by atoms with E-state index in [-0.39, 0.29) is 36.6 Å². The van der Waals surface area contributed by atoms with Crippen LogP contribution in [0.1, 0.15) is 86.4 Å². The number of benzene rings is 6. The molecule has 3 N–H and O–H groups in total. The molecule has 0 spiro atoms. The van der Waals surface area contributed by atoms with E-state index in [0.717, 1.165) is 80.0 Å². The van der Waals surface area contributed by atoms with Crippen molar-refractivity contribution in [3.63, 3.8) is 0 Å². The number of para-hydroxylation sites is 2. The van der Waals surface area contributed by atoms with Gasteiger partial charge in [0.25, 0.3) is 17.7 Å². The van der Waals surface area contributed by atoms with Gasteiger partial charge in [-0.2, -0.15) is 0 Å². The first-order chi connectivity index (χ1) is 37.2. The minimum absolute atomic E-state index is 0.137. The number of ether oxygens (including phenoxy) is 1. The highest BCUT2D eigenvalue weighted by molar-refractivity contribution is 6.39. The lowest BCUT2D eigenvalue weighted by Crippen LogP contribution is -2.41. The van der Waals surface area contributed by atoms with Gasteiger partial charge >= 0.3 is 5.97 Å². The van der Waals surface area contributed by atoms with Gasteiger partial charge in [-0.1, -0.05) is 55.5 Å². The van der Waals surface area contributed by atoms with Crippen molar-refractivity contribution in [3.05, 3.63) is 143 Å². The van der Waals surface area contributed by atoms with Crippen LogP contribution in [0.25, 0.3) is 77.0 Å². The zero-order valence-electron chi connectivity index (χ0n) is 43.7. The lowest BCUT2D eigenvalue weighted by molar-refractivity contribution is -0.255. The highest BCUT2D eigenvalue weighted by Crippen LogP contribution is 2.45. The number of hydrogen-bond donors (Lipinski definition) is 3. The highest BCUT2D eigenvalue weighted by atomic mass is 16.5. The quantitative estimate of drug-likeness (QED) is 0.0180. The van der Waals surface area contributed by atoms with E-state index in [1.54, 1.807) is 12.1 Å². The predicted molar refractivity (Wildman–Crippen MR) is 297 cm³/mol. The van der Waals surface area contributed by atoms with Crippen LogP contribution in [0.15, 0.2) is 120 Å². The molecule has 4 amide bonds. The molecular formula is C61H59N7O9. The first-order valence-corrected chi connectivity index (χ1v) is 25.9. The van der Waals surface area contributed by atoms with Crippen LogP contribution >= 0.6 is 0 Å². The summed E-state index contributed by atoms with van der Waals surface area (Å²) in [6.07, 6.45) is 5.22. The third kappa shape index (κ3) is 9.55. The third-order valence-corrected chi connectivity index (χ3v) is 14.7. The Labute approximate surface area is 443 Å². The number of aromatic nitrogens is 2. The molecule has 10 rings (SSSR count). The second-order valence-electron chi connectivity index (χ2n) is 20.0. The van der Waals surface area contributed by atoms with Crippen molar-refractivity contribution in [1.82, 2.24) is 29.7 Å². The van der Waals surface area contributed by atoms with Crippen LogP contribution in [-0.2, 0) is 27.9 Å². The molecule has 7 aromatic rings. The van der Waals surface area contributed by atoms with Crippen molar-refractivity contribution in [3.8, 4) is 22.5 Å². The number of anilines is 1. The summed E-state index contributed by atoms with van der Waals surface area (Å²) in [5.74, 6) is -3.22. The SMILES string of the molecule is C=CC(=O)NC(CCCCNC(=O)c1ccc(-c2c3ccc(=[N+](C)C)cc-3oc3cc(N(C)C)ccc23)c(C(=O)[O-])c1)C(=O)OCCCCCCn1c2ccccc2c2c3c(c4c5ccccc5n(C)c4c21)C(=O)NC3=O. The summed E-state index contributed by atoms with van der Waals surface area (Å²) in [5.41, 5.74) is 7.73. The van der Waals surface area contributed by atoms with Crippen molar-refractivity contribution < 1.29 is 43.0 Å². The molecule has 392 valence electrons. The Morgan fingerprint density at radius 2 is 1.47 bits per heavy atom. The van der Waals surface area contributed by atoms with Crippen molar-refractivity contribution in [1.29, 1.82) is 0 Å². The summed E-state index contributed by atoms with van der Waals surface area (Å²) in [7, 11) is 9.69. The number of aromatic carboxylic acids is 1. The van der Waals surface area contributed by atoms with Crippen molar-refractivity contribution >= 4 is 95.8 Å². The molecule has 16 nitrogen and oxygen atoms in total. The molecule has 0 bridgehead atoms. The number of carboxylic acids is 1. The Balaban J connectivity index is 0.754. The van der Waals surface area contributed by atoms with Gasteiger partial charge in [0.05, 0.1) is 40.8 Å². The van der Waals surface area contributed by atoms with Crippen LogP contribution in [0.3, 0.4) is 0 Å². The average Bonchev–Trinajstić information content (AvgIpc) is 4.24. The number of nitrogens with zero attached hydrogens (tertiary/aromatic N) is 4. The number of carbonyl (C=O) groups is 6. The van der Waals surface area contributed by atoms with Gasteiger partial charge < -0.3 is 43.7 Å². The summed E-state index contributed by atoms with van der Waals surface area (Å²) in [4.78, 5) is 80.9. The first kappa shape index (κ1) is 51.4. The third-order valence-electron chi connectivity index (χ3n) is 14.7. The summed E-state index contributed by atoms with van der Waals surface area (Å²) >= 11 is 0. The molecule has 16 heteroatoms. The fourth-order valence-corrected chi connectivity index (χ4v) is 10.9. The number of carboxylic acid groups (broad SMARTS) is 1. The van der Waals surface area contributed by atoms with Gasteiger partial charge in [0.2, 0.25) is 11.3 Å². The second kappa shape index (κ2) is 21.3. The van der Waals surface area contributed by atoms with E-state index in [1.807, 2.05) is 130 Å². The largest absolute Gasteiger partial charge is 0.545 e.